The molecule has 0 bridgehead atoms. The minimum Gasteiger partial charge on any atom is -0.324 e. The molecule has 2 aromatic carbocycles. The maximum atomic E-state index is 12.6. The lowest BCUT2D eigenvalue weighted by Gasteiger charge is -2.31. The number of benzene rings is 2. The highest BCUT2D eigenvalue weighted by Crippen LogP contribution is 2.31. The second-order valence-corrected chi connectivity index (χ2v) is 9.67. The molecule has 0 atom stereocenters. The first-order valence-electron chi connectivity index (χ1n) is 10.8. The Hall–Kier alpha value is -2.79. The van der Waals surface area contributed by atoms with E-state index < -0.39 is 0 Å². The molecule has 6 heteroatoms. The van der Waals surface area contributed by atoms with Gasteiger partial charge in [0.2, 0.25) is 0 Å². The van der Waals surface area contributed by atoms with Gasteiger partial charge in [-0.15, -0.1) is 0 Å². The molecule has 1 saturated heterocycles. The zero-order valence-electron chi connectivity index (χ0n) is 18.3. The number of aromatic nitrogens is 2. The summed E-state index contributed by atoms with van der Waals surface area (Å²) in [5.41, 5.74) is 5.41. The number of likely N-dealkylation sites (tertiary alicyclic amines) is 1. The summed E-state index contributed by atoms with van der Waals surface area (Å²) in [4.78, 5) is 14.4. The highest BCUT2D eigenvalue weighted by molar-refractivity contribution is 6.30. The van der Waals surface area contributed by atoms with Crippen molar-refractivity contribution in [2.24, 2.45) is 0 Å². The zero-order chi connectivity index (χ0) is 22.0. The van der Waals surface area contributed by atoms with Gasteiger partial charge in [0.1, 0.15) is 0 Å². The van der Waals surface area contributed by atoms with E-state index in [4.69, 9.17) is 11.6 Å². The van der Waals surface area contributed by atoms with Crippen LogP contribution in [0.15, 0.2) is 54.6 Å². The molecule has 31 heavy (non-hydrogen) atoms. The number of H-pyrrole nitrogens is 1. The van der Waals surface area contributed by atoms with Crippen LogP contribution in [0.3, 0.4) is 0 Å². The maximum absolute atomic E-state index is 12.6. The lowest BCUT2D eigenvalue weighted by atomic mass is 9.86. The topological polar surface area (TPSA) is 61.0 Å². The number of aromatic amines is 1. The number of piperidine rings is 1. The molecule has 0 saturated carbocycles. The smallest absolute Gasteiger partial charge is 0.321 e. The average molecular weight is 437 g/mol. The van der Waals surface area contributed by atoms with Gasteiger partial charge in [-0.05, 0) is 48.1 Å². The van der Waals surface area contributed by atoms with Gasteiger partial charge in [-0.2, -0.15) is 5.10 Å². The molecule has 1 aliphatic heterocycles. The number of carbonyl (C=O) groups excluding carboxylic acids is 1. The number of anilines is 1. The fourth-order valence-electron chi connectivity index (χ4n) is 4.00. The van der Waals surface area contributed by atoms with Crippen molar-refractivity contribution in [1.82, 2.24) is 15.1 Å². The molecular formula is C25H29ClN4O. The van der Waals surface area contributed by atoms with Crippen LogP contribution in [-0.4, -0.2) is 34.2 Å². The molecule has 3 aromatic rings. The van der Waals surface area contributed by atoms with Crippen molar-refractivity contribution in [3.8, 4) is 11.3 Å². The summed E-state index contributed by atoms with van der Waals surface area (Å²) >= 11 is 6.00. The van der Waals surface area contributed by atoms with Crippen molar-refractivity contribution in [3.63, 3.8) is 0 Å². The summed E-state index contributed by atoms with van der Waals surface area (Å²) in [6.45, 7) is 8.08. The summed E-state index contributed by atoms with van der Waals surface area (Å²) < 4.78 is 0. The Labute approximate surface area is 188 Å². The molecule has 0 spiro atoms. The molecule has 2 amide bonds. The number of carbonyl (C=O) groups is 1. The SMILES string of the molecule is CC(C)(C)c1ccc(-c2cc(C3CCN(C(=O)Nc4cccc(Cl)c4)CC3)[nH]n2)cc1. The molecule has 1 aromatic heterocycles. The molecule has 5 nitrogen and oxygen atoms in total. The van der Waals surface area contributed by atoms with E-state index >= 15 is 0 Å². The molecule has 0 radical (unpaired) electrons. The van der Waals surface area contributed by atoms with Gasteiger partial charge in [0.25, 0.3) is 0 Å². The number of nitrogens with one attached hydrogen (secondary N) is 2. The predicted molar refractivity (Wildman–Crippen MR) is 127 cm³/mol. The van der Waals surface area contributed by atoms with E-state index in [1.807, 2.05) is 17.0 Å². The van der Waals surface area contributed by atoms with Crippen molar-refractivity contribution in [2.45, 2.75) is 44.9 Å². The molecule has 1 aliphatic rings. The molecule has 0 aliphatic carbocycles. The van der Waals surface area contributed by atoms with Crippen molar-refractivity contribution in [1.29, 1.82) is 0 Å². The fraction of sp³-hybridized carbons (Fsp3) is 0.360. The Morgan fingerprint density at radius 1 is 1.10 bits per heavy atom. The third-order valence-electron chi connectivity index (χ3n) is 5.94. The average Bonchev–Trinajstić information content (AvgIpc) is 3.24. The number of amides is 2. The van der Waals surface area contributed by atoms with Gasteiger partial charge < -0.3 is 10.2 Å². The highest BCUT2D eigenvalue weighted by atomic mass is 35.5. The van der Waals surface area contributed by atoms with Gasteiger partial charge in [0.15, 0.2) is 0 Å². The van der Waals surface area contributed by atoms with Gasteiger partial charge in [-0.1, -0.05) is 62.7 Å². The third-order valence-corrected chi connectivity index (χ3v) is 6.18. The Kier molecular flexibility index (Phi) is 6.05. The van der Waals surface area contributed by atoms with Crippen LogP contribution in [0.5, 0.6) is 0 Å². The third kappa shape index (κ3) is 5.10. The van der Waals surface area contributed by atoms with E-state index in [2.05, 4.69) is 66.6 Å². The quantitative estimate of drug-likeness (QED) is 0.496. The van der Waals surface area contributed by atoms with E-state index in [9.17, 15) is 4.79 Å². The molecule has 1 fully saturated rings. The van der Waals surface area contributed by atoms with Gasteiger partial charge in [-0.25, -0.2) is 4.79 Å². The largest absolute Gasteiger partial charge is 0.324 e. The minimum absolute atomic E-state index is 0.0787. The number of halogens is 1. The van der Waals surface area contributed by atoms with Gasteiger partial charge in [-0.3, -0.25) is 5.10 Å². The van der Waals surface area contributed by atoms with Crippen LogP contribution in [0, 0.1) is 0 Å². The summed E-state index contributed by atoms with van der Waals surface area (Å²) in [6, 6.07) is 17.9. The minimum atomic E-state index is -0.0787. The van der Waals surface area contributed by atoms with E-state index in [-0.39, 0.29) is 11.4 Å². The molecule has 2 N–H and O–H groups in total. The lowest BCUT2D eigenvalue weighted by molar-refractivity contribution is 0.194. The molecule has 4 rings (SSSR count). The van der Waals surface area contributed by atoms with Crippen LogP contribution in [0.4, 0.5) is 10.5 Å². The van der Waals surface area contributed by atoms with Crippen LogP contribution in [0.2, 0.25) is 5.02 Å². The molecule has 162 valence electrons. The summed E-state index contributed by atoms with van der Waals surface area (Å²) in [5, 5.41) is 11.3. The van der Waals surface area contributed by atoms with Crippen molar-refractivity contribution in [3.05, 3.63) is 70.9 Å². The van der Waals surface area contributed by atoms with E-state index in [1.54, 1.807) is 12.1 Å². The van der Waals surface area contributed by atoms with Crippen molar-refractivity contribution >= 4 is 23.3 Å². The monoisotopic (exact) mass is 436 g/mol. The first kappa shape index (κ1) is 21.4. The Morgan fingerprint density at radius 3 is 2.45 bits per heavy atom. The first-order valence-corrected chi connectivity index (χ1v) is 11.1. The predicted octanol–water partition coefficient (Wildman–Crippen LogP) is 6.44. The Balaban J connectivity index is 1.35. The fourth-order valence-corrected chi connectivity index (χ4v) is 4.19. The summed E-state index contributed by atoms with van der Waals surface area (Å²) in [7, 11) is 0. The standard InChI is InChI=1S/C25H29ClN4O/c1-25(2,3)19-9-7-17(8-10-19)22-16-23(29-28-22)18-11-13-30(14-12-18)24(31)27-21-6-4-5-20(26)15-21/h4-10,15-16,18H,11-14H2,1-3H3,(H,27,31)(H,28,29). The number of urea groups is 1. The van der Waals surface area contributed by atoms with Crippen LogP contribution in [-0.2, 0) is 5.41 Å². The van der Waals surface area contributed by atoms with E-state index in [1.165, 1.54) is 5.56 Å². The van der Waals surface area contributed by atoms with Crippen LogP contribution >= 0.6 is 11.6 Å². The van der Waals surface area contributed by atoms with Gasteiger partial charge in [0, 0.05) is 41.0 Å². The molecule has 0 unspecified atom stereocenters. The van der Waals surface area contributed by atoms with Gasteiger partial charge in [0.05, 0.1) is 5.69 Å². The van der Waals surface area contributed by atoms with E-state index in [0.717, 1.165) is 35.5 Å². The number of hydrogen-bond acceptors (Lipinski definition) is 2. The normalized spacial score (nSPS) is 15.2. The first-order chi connectivity index (χ1) is 14.8. The zero-order valence-corrected chi connectivity index (χ0v) is 19.0. The Bertz CT molecular complexity index is 1040. The molecule has 2 heterocycles. The summed E-state index contributed by atoms with van der Waals surface area (Å²) in [5.74, 6) is 0.380. The van der Waals surface area contributed by atoms with Crippen molar-refractivity contribution in [2.75, 3.05) is 18.4 Å². The van der Waals surface area contributed by atoms with Crippen LogP contribution in [0.1, 0.15) is 50.8 Å². The molecular weight excluding hydrogens is 408 g/mol. The lowest BCUT2D eigenvalue weighted by Crippen LogP contribution is -2.40. The van der Waals surface area contributed by atoms with Crippen LogP contribution in [0.25, 0.3) is 11.3 Å². The second kappa shape index (κ2) is 8.75. The number of rotatable bonds is 3. The highest BCUT2D eigenvalue weighted by Gasteiger charge is 2.25. The number of nitrogens with zero attached hydrogens (tertiary/aromatic N) is 2. The Morgan fingerprint density at radius 2 is 1.81 bits per heavy atom. The second-order valence-electron chi connectivity index (χ2n) is 9.24. The van der Waals surface area contributed by atoms with E-state index in [0.29, 0.717) is 24.0 Å². The van der Waals surface area contributed by atoms with Crippen LogP contribution < -0.4 is 5.32 Å². The summed E-state index contributed by atoms with van der Waals surface area (Å²) in [6.07, 6.45) is 1.82. The number of hydrogen-bond donors (Lipinski definition) is 2. The maximum Gasteiger partial charge on any atom is 0.321 e. The van der Waals surface area contributed by atoms with Gasteiger partial charge >= 0.3 is 6.03 Å². The van der Waals surface area contributed by atoms with Crippen molar-refractivity contribution < 1.29 is 4.79 Å².